The Morgan fingerprint density at radius 2 is 2.04 bits per heavy atom. The Morgan fingerprint density at radius 1 is 1.20 bits per heavy atom. The molecule has 134 valence electrons. The van der Waals surface area contributed by atoms with Gasteiger partial charge in [-0.1, -0.05) is 29.8 Å². The Bertz CT molecular complexity index is 692. The van der Waals surface area contributed by atoms with Gasteiger partial charge in [0.2, 0.25) is 0 Å². The van der Waals surface area contributed by atoms with Gasteiger partial charge in [-0.2, -0.15) is 0 Å². The Balaban J connectivity index is 1.43. The molecule has 0 spiro atoms. The number of piperidine rings is 1. The summed E-state index contributed by atoms with van der Waals surface area (Å²) in [7, 11) is 0. The second kappa shape index (κ2) is 7.28. The summed E-state index contributed by atoms with van der Waals surface area (Å²) >= 11 is 0. The molecule has 0 aliphatic carbocycles. The van der Waals surface area contributed by atoms with Crippen LogP contribution in [0.25, 0.3) is 0 Å². The van der Waals surface area contributed by atoms with Crippen LogP contribution in [0.15, 0.2) is 30.5 Å². The molecule has 2 aromatic rings. The summed E-state index contributed by atoms with van der Waals surface area (Å²) < 4.78 is 0. The summed E-state index contributed by atoms with van der Waals surface area (Å²) in [6, 6.07) is 9.57. The van der Waals surface area contributed by atoms with Gasteiger partial charge in [0.05, 0.1) is 6.54 Å². The predicted molar refractivity (Wildman–Crippen MR) is 100 cm³/mol. The van der Waals surface area contributed by atoms with Crippen LogP contribution in [-0.2, 0) is 6.54 Å². The van der Waals surface area contributed by atoms with Crippen molar-refractivity contribution in [2.24, 2.45) is 5.92 Å². The second-order valence-electron chi connectivity index (χ2n) is 7.72. The molecule has 0 amide bonds. The predicted octanol–water partition coefficient (Wildman–Crippen LogP) is 2.50. The van der Waals surface area contributed by atoms with E-state index in [1.54, 1.807) is 0 Å². The number of likely N-dealkylation sites (tertiary alicyclic amines) is 1. The monoisotopic (exact) mass is 339 g/mol. The first-order valence-electron chi connectivity index (χ1n) is 9.47. The molecule has 0 bridgehead atoms. The maximum absolute atomic E-state index is 4.48. The third kappa shape index (κ3) is 3.78. The molecule has 2 aliphatic rings. The molecule has 2 saturated heterocycles. The number of aryl methyl sites for hydroxylation is 2. The van der Waals surface area contributed by atoms with Crippen molar-refractivity contribution in [3.8, 4) is 0 Å². The molecular weight excluding hydrogens is 310 g/mol. The van der Waals surface area contributed by atoms with Crippen molar-refractivity contribution >= 4 is 0 Å². The number of hydrogen-bond donors (Lipinski definition) is 3. The molecule has 3 heterocycles. The molecule has 4 rings (SSSR count). The standard InChI is InChI=1S/C20H29N5/c1-14-5-7-16(8-6-14)18-11-22-24-20(18)17-4-3-9-25(12-17)13-19-21-10-15(2)23-19/h5-8,10,17-18,20,22,24H,3-4,9,11-13H2,1-2H3,(H,21,23). The molecule has 1 aromatic heterocycles. The number of imidazole rings is 1. The Kier molecular flexibility index (Phi) is 4.88. The lowest BCUT2D eigenvalue weighted by Crippen LogP contribution is -2.46. The zero-order valence-corrected chi connectivity index (χ0v) is 15.3. The van der Waals surface area contributed by atoms with Gasteiger partial charge in [-0.15, -0.1) is 0 Å². The molecule has 0 saturated carbocycles. The zero-order chi connectivity index (χ0) is 17.2. The maximum Gasteiger partial charge on any atom is 0.120 e. The van der Waals surface area contributed by atoms with Gasteiger partial charge in [-0.25, -0.2) is 4.98 Å². The average Bonchev–Trinajstić information content (AvgIpc) is 3.25. The summed E-state index contributed by atoms with van der Waals surface area (Å²) in [6.45, 7) is 8.48. The quantitative estimate of drug-likeness (QED) is 0.801. The van der Waals surface area contributed by atoms with Crippen LogP contribution in [0.4, 0.5) is 0 Å². The molecule has 0 radical (unpaired) electrons. The number of H-pyrrole nitrogens is 1. The number of hydrogen-bond acceptors (Lipinski definition) is 4. The number of hydrazine groups is 1. The van der Waals surface area contributed by atoms with Gasteiger partial charge in [0, 0.05) is 36.9 Å². The molecule has 3 unspecified atom stereocenters. The highest BCUT2D eigenvalue weighted by atomic mass is 15.4. The first kappa shape index (κ1) is 16.8. The SMILES string of the molecule is Cc1ccc(C2CNNC2C2CCCN(Cc3ncc(C)[nH]3)C2)cc1. The van der Waals surface area contributed by atoms with Crippen LogP contribution >= 0.6 is 0 Å². The second-order valence-corrected chi connectivity index (χ2v) is 7.72. The number of nitrogens with zero attached hydrogens (tertiary/aromatic N) is 2. The fourth-order valence-corrected chi connectivity index (χ4v) is 4.39. The molecule has 3 N–H and O–H groups in total. The third-order valence-electron chi connectivity index (χ3n) is 5.71. The summed E-state index contributed by atoms with van der Waals surface area (Å²) in [4.78, 5) is 10.4. The van der Waals surface area contributed by atoms with Gasteiger partial charge in [0.25, 0.3) is 0 Å². The van der Waals surface area contributed by atoms with E-state index in [9.17, 15) is 0 Å². The minimum atomic E-state index is 0.504. The van der Waals surface area contributed by atoms with Crippen LogP contribution in [0.2, 0.25) is 0 Å². The number of aromatic nitrogens is 2. The lowest BCUT2D eigenvalue weighted by molar-refractivity contribution is 0.137. The third-order valence-corrected chi connectivity index (χ3v) is 5.71. The molecule has 2 aliphatic heterocycles. The van der Waals surface area contributed by atoms with E-state index in [0.717, 1.165) is 31.2 Å². The maximum atomic E-state index is 4.48. The summed E-state index contributed by atoms with van der Waals surface area (Å²) in [5.74, 6) is 2.31. The van der Waals surface area contributed by atoms with Crippen molar-refractivity contribution in [2.45, 2.75) is 45.2 Å². The van der Waals surface area contributed by atoms with E-state index in [2.05, 4.69) is 63.8 Å². The van der Waals surface area contributed by atoms with Gasteiger partial charge in [0.1, 0.15) is 5.82 Å². The van der Waals surface area contributed by atoms with E-state index in [-0.39, 0.29) is 0 Å². The van der Waals surface area contributed by atoms with Crippen LogP contribution in [0.5, 0.6) is 0 Å². The Labute approximate surface area is 150 Å². The van der Waals surface area contributed by atoms with Crippen molar-refractivity contribution in [1.82, 2.24) is 25.7 Å². The van der Waals surface area contributed by atoms with E-state index in [1.165, 1.54) is 30.5 Å². The Morgan fingerprint density at radius 3 is 2.80 bits per heavy atom. The number of benzene rings is 1. The molecule has 2 fully saturated rings. The van der Waals surface area contributed by atoms with Crippen molar-refractivity contribution in [1.29, 1.82) is 0 Å². The summed E-state index contributed by atoms with van der Waals surface area (Å²) in [5, 5.41) is 0. The topological polar surface area (TPSA) is 56.0 Å². The summed E-state index contributed by atoms with van der Waals surface area (Å²) in [5.41, 5.74) is 10.9. The van der Waals surface area contributed by atoms with Crippen LogP contribution in [-0.4, -0.2) is 40.5 Å². The van der Waals surface area contributed by atoms with E-state index < -0.39 is 0 Å². The largest absolute Gasteiger partial charge is 0.345 e. The molecular formula is C20H29N5. The lowest BCUT2D eigenvalue weighted by Gasteiger charge is -2.37. The number of nitrogens with one attached hydrogen (secondary N) is 3. The van der Waals surface area contributed by atoms with Crippen molar-refractivity contribution < 1.29 is 0 Å². The van der Waals surface area contributed by atoms with Gasteiger partial charge < -0.3 is 4.98 Å². The number of rotatable bonds is 4. The zero-order valence-electron chi connectivity index (χ0n) is 15.3. The smallest absolute Gasteiger partial charge is 0.120 e. The van der Waals surface area contributed by atoms with Crippen molar-refractivity contribution in [2.75, 3.05) is 19.6 Å². The average molecular weight is 339 g/mol. The first-order valence-corrected chi connectivity index (χ1v) is 9.47. The van der Waals surface area contributed by atoms with E-state index in [0.29, 0.717) is 17.9 Å². The van der Waals surface area contributed by atoms with Crippen LogP contribution < -0.4 is 10.9 Å². The van der Waals surface area contributed by atoms with Gasteiger partial charge in [-0.05, 0) is 44.7 Å². The van der Waals surface area contributed by atoms with Crippen LogP contribution in [0.1, 0.15) is 41.4 Å². The van der Waals surface area contributed by atoms with Crippen LogP contribution in [0, 0.1) is 19.8 Å². The molecule has 3 atom stereocenters. The molecule has 25 heavy (non-hydrogen) atoms. The van der Waals surface area contributed by atoms with Crippen molar-refractivity contribution in [3.63, 3.8) is 0 Å². The van der Waals surface area contributed by atoms with E-state index >= 15 is 0 Å². The highest BCUT2D eigenvalue weighted by molar-refractivity contribution is 5.27. The van der Waals surface area contributed by atoms with E-state index in [4.69, 9.17) is 0 Å². The molecule has 5 heteroatoms. The highest BCUT2D eigenvalue weighted by Crippen LogP contribution is 2.32. The lowest BCUT2D eigenvalue weighted by atomic mass is 9.81. The Hall–Kier alpha value is -1.69. The molecule has 5 nitrogen and oxygen atoms in total. The van der Waals surface area contributed by atoms with Gasteiger partial charge >= 0.3 is 0 Å². The summed E-state index contributed by atoms with van der Waals surface area (Å²) in [6.07, 6.45) is 4.49. The van der Waals surface area contributed by atoms with Crippen molar-refractivity contribution in [3.05, 3.63) is 53.1 Å². The fourth-order valence-electron chi connectivity index (χ4n) is 4.39. The van der Waals surface area contributed by atoms with Gasteiger partial charge in [-0.3, -0.25) is 15.8 Å². The first-order chi connectivity index (χ1) is 12.2. The minimum Gasteiger partial charge on any atom is -0.345 e. The molecule has 1 aromatic carbocycles. The van der Waals surface area contributed by atoms with Gasteiger partial charge in [0.15, 0.2) is 0 Å². The van der Waals surface area contributed by atoms with E-state index in [1.807, 2.05) is 6.20 Å². The minimum absolute atomic E-state index is 0.504. The van der Waals surface area contributed by atoms with Crippen LogP contribution in [0.3, 0.4) is 0 Å². The number of aromatic amines is 1. The fraction of sp³-hybridized carbons (Fsp3) is 0.550. The highest BCUT2D eigenvalue weighted by Gasteiger charge is 2.36. The normalized spacial score (nSPS) is 27.7.